The maximum Gasteiger partial charge on any atom is 0.263 e. The van der Waals surface area contributed by atoms with Crippen LogP contribution in [0.15, 0.2) is 40.6 Å². The van der Waals surface area contributed by atoms with Crippen molar-refractivity contribution in [1.29, 1.82) is 0 Å². The van der Waals surface area contributed by atoms with Crippen LogP contribution in [0, 0.1) is 6.92 Å². The van der Waals surface area contributed by atoms with Gasteiger partial charge in [-0.15, -0.1) is 6.58 Å². The maximum atomic E-state index is 12.9. The monoisotopic (exact) mass is 312 g/mol. The van der Waals surface area contributed by atoms with Gasteiger partial charge < -0.3 is 9.67 Å². The van der Waals surface area contributed by atoms with Crippen LogP contribution in [0.3, 0.4) is 0 Å². The van der Waals surface area contributed by atoms with Crippen molar-refractivity contribution in [3.8, 4) is 5.75 Å². The van der Waals surface area contributed by atoms with Crippen LogP contribution in [0.1, 0.15) is 38.3 Å². The van der Waals surface area contributed by atoms with Gasteiger partial charge in [-0.05, 0) is 45.7 Å². The van der Waals surface area contributed by atoms with Crippen molar-refractivity contribution >= 4 is 17.1 Å². The van der Waals surface area contributed by atoms with Gasteiger partial charge in [0.2, 0.25) is 0 Å². The lowest BCUT2D eigenvalue weighted by atomic mass is 10.1. The summed E-state index contributed by atoms with van der Waals surface area (Å²) in [5, 5.41) is 11.2. The number of para-hydroxylation sites is 1. The molecule has 0 aliphatic heterocycles. The summed E-state index contributed by atoms with van der Waals surface area (Å²) >= 11 is 0. The summed E-state index contributed by atoms with van der Waals surface area (Å²) in [6.07, 6.45) is 3.96. The largest absolute Gasteiger partial charge is 0.506 e. The van der Waals surface area contributed by atoms with Crippen molar-refractivity contribution in [2.45, 2.75) is 46.2 Å². The number of allylic oxidation sites excluding steroid dienone is 1. The summed E-state index contributed by atoms with van der Waals surface area (Å²) in [6.45, 7) is 12.0. The predicted octanol–water partition coefficient (Wildman–Crippen LogP) is 3.81. The van der Waals surface area contributed by atoms with Gasteiger partial charge in [-0.25, -0.2) is 0 Å². The van der Waals surface area contributed by atoms with Crippen LogP contribution in [0.5, 0.6) is 5.75 Å². The van der Waals surface area contributed by atoms with Gasteiger partial charge in [-0.2, -0.15) is 0 Å². The van der Waals surface area contributed by atoms with Gasteiger partial charge in [0.05, 0.1) is 11.1 Å². The summed E-state index contributed by atoms with van der Waals surface area (Å²) in [7, 11) is 0. The molecule has 1 aromatic carbocycles. The van der Waals surface area contributed by atoms with Crippen LogP contribution in [-0.2, 0) is 6.54 Å². The Hall–Kier alpha value is -2.36. The van der Waals surface area contributed by atoms with Crippen LogP contribution in [0.25, 0.3) is 10.9 Å². The third-order valence-electron chi connectivity index (χ3n) is 3.63. The molecule has 0 bridgehead atoms. The third kappa shape index (κ3) is 3.52. The molecular formula is C19H24N2O2. The molecule has 4 nitrogen and oxygen atoms in total. The molecule has 0 spiro atoms. The van der Waals surface area contributed by atoms with Crippen molar-refractivity contribution in [3.05, 3.63) is 52.3 Å². The molecule has 2 rings (SSSR count). The fourth-order valence-corrected chi connectivity index (χ4v) is 2.51. The number of fused-ring (bicyclic) bond motifs is 1. The van der Waals surface area contributed by atoms with Crippen LogP contribution < -0.4 is 5.56 Å². The molecule has 0 unspecified atom stereocenters. The Morgan fingerprint density at radius 3 is 2.65 bits per heavy atom. The second-order valence-electron chi connectivity index (χ2n) is 6.70. The predicted molar refractivity (Wildman–Crippen MR) is 96.8 cm³/mol. The second-order valence-corrected chi connectivity index (χ2v) is 6.70. The molecule has 1 N–H and O–H groups in total. The Labute approximate surface area is 136 Å². The molecule has 0 amide bonds. The number of hydrogen-bond donors (Lipinski definition) is 1. The van der Waals surface area contributed by atoms with Gasteiger partial charge in [0, 0.05) is 18.1 Å². The Bertz CT molecular complexity index is 824. The first-order valence-electron chi connectivity index (χ1n) is 7.77. The lowest BCUT2D eigenvalue weighted by Crippen LogP contribution is -2.25. The molecule has 23 heavy (non-hydrogen) atoms. The zero-order chi connectivity index (χ0) is 17.2. The van der Waals surface area contributed by atoms with Gasteiger partial charge >= 0.3 is 0 Å². The zero-order valence-corrected chi connectivity index (χ0v) is 14.3. The Morgan fingerprint density at radius 1 is 1.35 bits per heavy atom. The first-order valence-corrected chi connectivity index (χ1v) is 7.77. The zero-order valence-electron chi connectivity index (χ0n) is 14.3. The number of aromatic hydroxyl groups is 1. The fourth-order valence-electron chi connectivity index (χ4n) is 2.51. The normalized spacial score (nSPS) is 12.2. The molecule has 1 heterocycles. The highest BCUT2D eigenvalue weighted by molar-refractivity contribution is 5.96. The average Bonchev–Trinajstić information content (AvgIpc) is 2.46. The Balaban J connectivity index is 2.82. The van der Waals surface area contributed by atoms with E-state index >= 15 is 0 Å². The molecular weight excluding hydrogens is 288 g/mol. The van der Waals surface area contributed by atoms with Crippen LogP contribution >= 0.6 is 0 Å². The molecule has 0 saturated carbocycles. The lowest BCUT2D eigenvalue weighted by molar-refractivity contribution is 0.477. The number of aliphatic imine (C=N–C) groups is 1. The van der Waals surface area contributed by atoms with Crippen LogP contribution in [-0.4, -0.2) is 21.4 Å². The van der Waals surface area contributed by atoms with E-state index in [1.165, 1.54) is 6.21 Å². The maximum absolute atomic E-state index is 12.9. The van der Waals surface area contributed by atoms with E-state index in [0.29, 0.717) is 18.4 Å². The minimum absolute atomic E-state index is 0.00319. The van der Waals surface area contributed by atoms with E-state index in [1.54, 1.807) is 10.6 Å². The van der Waals surface area contributed by atoms with Crippen LogP contribution in [0.2, 0.25) is 0 Å². The second kappa shape index (κ2) is 6.41. The summed E-state index contributed by atoms with van der Waals surface area (Å²) in [5.74, 6) is -0.00319. The number of benzene rings is 1. The average molecular weight is 312 g/mol. The van der Waals surface area contributed by atoms with Gasteiger partial charge in [0.15, 0.2) is 0 Å². The Kier molecular flexibility index (Phi) is 4.73. The number of pyridine rings is 1. The van der Waals surface area contributed by atoms with E-state index in [0.717, 1.165) is 11.1 Å². The molecule has 0 aliphatic rings. The van der Waals surface area contributed by atoms with Crippen molar-refractivity contribution in [1.82, 2.24) is 4.57 Å². The van der Waals surface area contributed by atoms with Gasteiger partial charge in [0.25, 0.3) is 5.56 Å². The molecule has 0 radical (unpaired) electrons. The van der Waals surface area contributed by atoms with E-state index in [4.69, 9.17) is 0 Å². The number of nitrogens with zero attached hydrogens (tertiary/aromatic N) is 2. The molecule has 1 aromatic heterocycles. The van der Waals surface area contributed by atoms with E-state index in [-0.39, 0.29) is 22.4 Å². The first-order chi connectivity index (χ1) is 10.8. The van der Waals surface area contributed by atoms with E-state index in [2.05, 4.69) is 11.6 Å². The molecule has 0 fully saturated rings. The highest BCUT2D eigenvalue weighted by atomic mass is 16.3. The topological polar surface area (TPSA) is 54.6 Å². The van der Waals surface area contributed by atoms with E-state index < -0.39 is 0 Å². The molecule has 0 saturated heterocycles. The van der Waals surface area contributed by atoms with Crippen molar-refractivity contribution in [2.75, 3.05) is 0 Å². The van der Waals surface area contributed by atoms with Gasteiger partial charge in [0.1, 0.15) is 11.3 Å². The highest BCUT2D eigenvalue weighted by Gasteiger charge is 2.17. The van der Waals surface area contributed by atoms with Gasteiger partial charge in [-0.1, -0.05) is 18.2 Å². The van der Waals surface area contributed by atoms with E-state index in [1.807, 2.05) is 45.9 Å². The van der Waals surface area contributed by atoms with Crippen molar-refractivity contribution in [3.63, 3.8) is 0 Å². The number of aromatic nitrogens is 1. The summed E-state index contributed by atoms with van der Waals surface area (Å²) in [6, 6.07) is 5.65. The highest BCUT2D eigenvalue weighted by Crippen LogP contribution is 2.28. The number of aryl methyl sites for hydroxylation is 2. The number of rotatable bonds is 4. The molecule has 2 aromatic rings. The summed E-state index contributed by atoms with van der Waals surface area (Å²) < 4.78 is 1.70. The smallest absolute Gasteiger partial charge is 0.263 e. The van der Waals surface area contributed by atoms with Gasteiger partial charge in [-0.3, -0.25) is 9.79 Å². The number of hydrogen-bond acceptors (Lipinski definition) is 3. The summed E-state index contributed by atoms with van der Waals surface area (Å²) in [4.78, 5) is 17.2. The molecule has 0 atom stereocenters. The lowest BCUT2D eigenvalue weighted by Gasteiger charge is -2.16. The minimum atomic E-state index is -0.313. The molecule has 0 aliphatic carbocycles. The van der Waals surface area contributed by atoms with Crippen molar-refractivity contribution < 1.29 is 5.11 Å². The van der Waals surface area contributed by atoms with E-state index in [9.17, 15) is 9.90 Å². The third-order valence-corrected chi connectivity index (χ3v) is 3.63. The molecule has 4 heteroatoms. The standard InChI is InChI=1S/C19H24N2O2/c1-6-7-11-21-16-13(2)9-8-10-14(16)17(22)15(18(21)23)12-20-19(3,4)5/h6,8-10,12,22H,1,7,11H2,2-5H3. The quantitative estimate of drug-likeness (QED) is 0.689. The fraction of sp³-hybridized carbons (Fsp3) is 0.368. The summed E-state index contributed by atoms with van der Waals surface area (Å²) in [5.41, 5.74) is 1.43. The molecule has 122 valence electrons. The Morgan fingerprint density at radius 2 is 2.04 bits per heavy atom. The van der Waals surface area contributed by atoms with Crippen molar-refractivity contribution in [2.24, 2.45) is 4.99 Å². The minimum Gasteiger partial charge on any atom is -0.506 e. The SMILES string of the molecule is C=CCCn1c(=O)c(C=NC(C)(C)C)c(O)c2cccc(C)c21. The first kappa shape index (κ1) is 17.0. The van der Waals surface area contributed by atoms with Crippen LogP contribution in [0.4, 0.5) is 0 Å².